The van der Waals surface area contributed by atoms with Crippen LogP contribution in [0.25, 0.3) is 0 Å². The molecule has 1 N–H and O–H groups in total. The minimum atomic E-state index is -0.394. The summed E-state index contributed by atoms with van der Waals surface area (Å²) in [7, 11) is 0. The molecule has 0 heterocycles. The Kier molecular flexibility index (Phi) is 4.71. The fourth-order valence-corrected chi connectivity index (χ4v) is 3.39. The van der Waals surface area contributed by atoms with Crippen LogP contribution in [-0.4, -0.2) is 22.5 Å². The van der Waals surface area contributed by atoms with Crippen molar-refractivity contribution in [1.82, 2.24) is 5.32 Å². The quantitative estimate of drug-likeness (QED) is 0.644. The summed E-state index contributed by atoms with van der Waals surface area (Å²) >= 11 is 7.97. The molecule has 1 fully saturated rings. The van der Waals surface area contributed by atoms with Gasteiger partial charge in [-0.1, -0.05) is 18.0 Å². The molecule has 0 radical (unpaired) electrons. The number of hydrogen-bond donors (Lipinski definition) is 1. The second-order valence-corrected chi connectivity index (χ2v) is 6.56. The zero-order chi connectivity index (χ0) is 13.9. The molecule has 1 aliphatic carbocycles. The Bertz CT molecular complexity index is 472. The Hall–Kier alpha value is -0.780. The Balaban J connectivity index is 1.95. The number of thioether (sulfide) groups is 1. The predicted octanol–water partition coefficient (Wildman–Crippen LogP) is 3.62. The molecular formula is C13H17ClN2O2S. The maximum atomic E-state index is 10.7. The van der Waals surface area contributed by atoms with Crippen LogP contribution in [0.5, 0.6) is 0 Å². The van der Waals surface area contributed by atoms with Gasteiger partial charge in [-0.05, 0) is 30.7 Å². The van der Waals surface area contributed by atoms with E-state index in [0.717, 1.165) is 12.1 Å². The fourth-order valence-electron chi connectivity index (χ4n) is 2.26. The van der Waals surface area contributed by atoms with E-state index in [0.29, 0.717) is 16.3 Å². The Morgan fingerprint density at radius 1 is 1.53 bits per heavy atom. The molecule has 0 saturated heterocycles. The normalized spacial score (nSPS) is 16.9. The number of nitro benzene ring substituents is 1. The fraction of sp³-hybridized carbons (Fsp3) is 0.538. The smallest absolute Gasteiger partial charge is 0.269 e. The van der Waals surface area contributed by atoms with E-state index in [1.54, 1.807) is 12.1 Å². The maximum absolute atomic E-state index is 10.7. The number of nitro groups is 1. The van der Waals surface area contributed by atoms with Gasteiger partial charge in [0.1, 0.15) is 0 Å². The molecule has 1 aliphatic rings. The third kappa shape index (κ3) is 3.41. The molecule has 4 nitrogen and oxygen atoms in total. The molecule has 0 aromatic heterocycles. The molecule has 0 atom stereocenters. The summed E-state index contributed by atoms with van der Waals surface area (Å²) < 4.78 is 0.354. The molecular weight excluding hydrogens is 284 g/mol. The van der Waals surface area contributed by atoms with Crippen molar-refractivity contribution in [2.45, 2.75) is 30.6 Å². The van der Waals surface area contributed by atoms with Gasteiger partial charge < -0.3 is 5.32 Å². The first kappa shape index (κ1) is 14.6. The lowest BCUT2D eigenvalue weighted by atomic mass is 9.84. The summed E-state index contributed by atoms with van der Waals surface area (Å²) in [6.45, 7) is 1.50. The average Bonchev–Trinajstić information content (AvgIpc) is 2.34. The van der Waals surface area contributed by atoms with Crippen LogP contribution in [0.15, 0.2) is 18.2 Å². The van der Waals surface area contributed by atoms with E-state index in [1.165, 1.54) is 25.3 Å². The van der Waals surface area contributed by atoms with Gasteiger partial charge in [-0.2, -0.15) is 11.8 Å². The highest BCUT2D eigenvalue weighted by Crippen LogP contribution is 2.42. The molecule has 0 unspecified atom stereocenters. The molecule has 1 aromatic rings. The topological polar surface area (TPSA) is 55.2 Å². The van der Waals surface area contributed by atoms with Crippen molar-refractivity contribution in [3.63, 3.8) is 0 Å². The maximum Gasteiger partial charge on any atom is 0.269 e. The van der Waals surface area contributed by atoms with E-state index >= 15 is 0 Å². The molecule has 6 heteroatoms. The van der Waals surface area contributed by atoms with Gasteiger partial charge >= 0.3 is 0 Å². The summed E-state index contributed by atoms with van der Waals surface area (Å²) in [6.07, 6.45) is 5.91. The summed E-state index contributed by atoms with van der Waals surface area (Å²) in [6, 6.07) is 4.56. The van der Waals surface area contributed by atoms with Gasteiger partial charge in [0.15, 0.2) is 0 Å². The Morgan fingerprint density at radius 3 is 2.79 bits per heavy atom. The zero-order valence-electron chi connectivity index (χ0n) is 10.8. The van der Waals surface area contributed by atoms with Crippen LogP contribution in [0.1, 0.15) is 24.8 Å². The number of nitrogens with zero attached hydrogens (tertiary/aromatic N) is 1. The van der Waals surface area contributed by atoms with Crippen molar-refractivity contribution in [2.75, 3.05) is 12.8 Å². The molecule has 0 aliphatic heterocycles. The van der Waals surface area contributed by atoms with Gasteiger partial charge in [0.25, 0.3) is 5.69 Å². The third-order valence-corrected chi connectivity index (χ3v) is 5.49. The highest BCUT2D eigenvalue weighted by atomic mass is 35.5. The minimum Gasteiger partial charge on any atom is -0.311 e. The van der Waals surface area contributed by atoms with Crippen molar-refractivity contribution in [3.8, 4) is 0 Å². The van der Waals surface area contributed by atoms with Crippen molar-refractivity contribution >= 4 is 29.1 Å². The lowest BCUT2D eigenvalue weighted by Crippen LogP contribution is -2.43. The first-order valence-electron chi connectivity index (χ1n) is 6.25. The molecule has 1 aromatic carbocycles. The van der Waals surface area contributed by atoms with E-state index < -0.39 is 4.92 Å². The van der Waals surface area contributed by atoms with Crippen LogP contribution >= 0.6 is 23.4 Å². The molecule has 104 valence electrons. The van der Waals surface area contributed by atoms with Crippen molar-refractivity contribution in [3.05, 3.63) is 38.9 Å². The summed E-state index contributed by atoms with van der Waals surface area (Å²) in [5.74, 6) is 0. The van der Waals surface area contributed by atoms with Gasteiger partial charge in [0, 0.05) is 35.0 Å². The van der Waals surface area contributed by atoms with Crippen LogP contribution in [0.4, 0.5) is 5.69 Å². The first-order chi connectivity index (χ1) is 9.06. The highest BCUT2D eigenvalue weighted by molar-refractivity contribution is 8.00. The zero-order valence-corrected chi connectivity index (χ0v) is 12.4. The largest absolute Gasteiger partial charge is 0.311 e. The van der Waals surface area contributed by atoms with Gasteiger partial charge in [-0.15, -0.1) is 0 Å². The highest BCUT2D eigenvalue weighted by Gasteiger charge is 2.35. The number of halogens is 1. The Labute approximate surface area is 122 Å². The molecule has 0 spiro atoms. The van der Waals surface area contributed by atoms with E-state index in [2.05, 4.69) is 11.6 Å². The van der Waals surface area contributed by atoms with Crippen molar-refractivity contribution in [1.29, 1.82) is 0 Å². The van der Waals surface area contributed by atoms with Crippen LogP contribution in [0.2, 0.25) is 5.02 Å². The van der Waals surface area contributed by atoms with Crippen LogP contribution in [0.3, 0.4) is 0 Å². The number of rotatable bonds is 6. The lowest BCUT2D eigenvalue weighted by Gasteiger charge is -2.40. The van der Waals surface area contributed by atoms with E-state index in [-0.39, 0.29) is 5.69 Å². The summed E-state index contributed by atoms with van der Waals surface area (Å²) in [5, 5.41) is 14.7. The minimum absolute atomic E-state index is 0.0874. The van der Waals surface area contributed by atoms with Crippen molar-refractivity contribution < 1.29 is 4.92 Å². The second-order valence-electron chi connectivity index (χ2n) is 4.88. The molecule has 1 saturated carbocycles. The number of benzene rings is 1. The molecule has 2 rings (SSSR count). The Morgan fingerprint density at radius 2 is 2.26 bits per heavy atom. The van der Waals surface area contributed by atoms with E-state index in [4.69, 9.17) is 11.6 Å². The average molecular weight is 301 g/mol. The number of hydrogen-bond acceptors (Lipinski definition) is 4. The van der Waals surface area contributed by atoms with E-state index in [1.807, 2.05) is 11.8 Å². The number of nitrogens with one attached hydrogen (secondary N) is 1. The predicted molar refractivity (Wildman–Crippen MR) is 79.9 cm³/mol. The van der Waals surface area contributed by atoms with Crippen molar-refractivity contribution in [2.24, 2.45) is 0 Å². The molecule has 0 amide bonds. The van der Waals surface area contributed by atoms with Gasteiger partial charge in [0.05, 0.1) is 4.92 Å². The van der Waals surface area contributed by atoms with Crippen LogP contribution in [0, 0.1) is 10.1 Å². The SMILES string of the molecule is CSC1(CNCc2cc([N+](=O)[O-])ccc2Cl)CCC1. The van der Waals surface area contributed by atoms with Gasteiger partial charge in [0.2, 0.25) is 0 Å². The van der Waals surface area contributed by atoms with E-state index in [9.17, 15) is 10.1 Å². The first-order valence-corrected chi connectivity index (χ1v) is 7.85. The second kappa shape index (κ2) is 6.11. The summed E-state index contributed by atoms with van der Waals surface area (Å²) in [5.41, 5.74) is 0.871. The molecule has 19 heavy (non-hydrogen) atoms. The monoisotopic (exact) mass is 300 g/mol. The number of non-ortho nitro benzene ring substituents is 1. The lowest BCUT2D eigenvalue weighted by molar-refractivity contribution is -0.384. The van der Waals surface area contributed by atoms with Crippen LogP contribution in [-0.2, 0) is 6.54 Å². The van der Waals surface area contributed by atoms with Crippen LogP contribution < -0.4 is 5.32 Å². The summed E-state index contributed by atoms with van der Waals surface area (Å²) in [4.78, 5) is 10.3. The van der Waals surface area contributed by atoms with Gasteiger partial charge in [-0.25, -0.2) is 0 Å². The third-order valence-electron chi connectivity index (χ3n) is 3.70. The van der Waals surface area contributed by atoms with Gasteiger partial charge in [-0.3, -0.25) is 10.1 Å². The standard InChI is InChI=1S/C13H17ClN2O2S/c1-19-13(5-2-6-13)9-15-8-10-7-11(16(17)18)3-4-12(10)14/h3-4,7,15H,2,5-6,8-9H2,1H3. The molecule has 0 bridgehead atoms.